The second-order valence-corrected chi connectivity index (χ2v) is 7.59. The van der Waals surface area contributed by atoms with Gasteiger partial charge < -0.3 is 24.5 Å². The van der Waals surface area contributed by atoms with E-state index in [9.17, 15) is 23.9 Å². The molecule has 36 heavy (non-hydrogen) atoms. The molecule has 0 aliphatic carbocycles. The van der Waals surface area contributed by atoms with Crippen LogP contribution in [0.3, 0.4) is 0 Å². The summed E-state index contributed by atoms with van der Waals surface area (Å²) in [6.45, 7) is 2.43. The van der Waals surface area contributed by atoms with Crippen LogP contribution in [0.5, 0.6) is 11.5 Å². The van der Waals surface area contributed by atoms with Crippen LogP contribution in [0.15, 0.2) is 42.7 Å². The number of hydrogen-bond donors (Lipinski definition) is 2. The molecule has 4 rings (SSSR count). The number of rotatable bonds is 9. The zero-order valence-corrected chi connectivity index (χ0v) is 19.4. The number of anilines is 1. The van der Waals surface area contributed by atoms with Gasteiger partial charge in [-0.25, -0.2) is 23.5 Å². The number of carbonyl (C=O) groups is 1. The monoisotopic (exact) mass is 493 g/mol. The number of methoxy groups -OCH3 is 1. The third-order valence-electron chi connectivity index (χ3n) is 5.49. The van der Waals surface area contributed by atoms with Crippen molar-refractivity contribution in [1.82, 2.24) is 14.5 Å². The van der Waals surface area contributed by atoms with Crippen LogP contribution in [0, 0.1) is 23.0 Å². The van der Waals surface area contributed by atoms with E-state index in [0.717, 1.165) is 6.07 Å². The summed E-state index contributed by atoms with van der Waals surface area (Å²) in [5, 5.41) is 22.3. The number of benzene rings is 2. The first kappa shape index (κ1) is 24.4. The molecule has 0 saturated carbocycles. The van der Waals surface area contributed by atoms with Crippen molar-refractivity contribution in [3.05, 3.63) is 65.6 Å². The summed E-state index contributed by atoms with van der Waals surface area (Å²) >= 11 is 0. The maximum atomic E-state index is 14.6. The van der Waals surface area contributed by atoms with E-state index in [1.165, 1.54) is 30.1 Å². The van der Waals surface area contributed by atoms with Gasteiger partial charge >= 0.3 is 5.97 Å². The second-order valence-electron chi connectivity index (χ2n) is 7.59. The summed E-state index contributed by atoms with van der Waals surface area (Å²) < 4.78 is 40.7. The molecule has 0 saturated heterocycles. The molecule has 0 amide bonds. The standard InChI is InChI=1S/C25H21F2N5O4/c1-3-36-21-8-14(4-5-16(21)25(33)34)19-11-22(31-13-30-19)29-6-7-32-15(12-28)9-17-20(35-2)10-18(26)23(27)24(17)32/h4-5,8-11,13H,3,6-7H2,1-2H3,(H,33,34)(H,29,30,31). The Labute approximate surface area is 204 Å². The first-order chi connectivity index (χ1) is 17.4. The van der Waals surface area contributed by atoms with Gasteiger partial charge in [0.25, 0.3) is 0 Å². The quantitative estimate of drug-likeness (QED) is 0.350. The topological polar surface area (TPSA) is 122 Å². The van der Waals surface area contributed by atoms with E-state index in [4.69, 9.17) is 9.47 Å². The van der Waals surface area contributed by atoms with Gasteiger partial charge in [-0.3, -0.25) is 0 Å². The number of nitriles is 1. The lowest BCUT2D eigenvalue weighted by atomic mass is 10.1. The maximum absolute atomic E-state index is 14.6. The van der Waals surface area contributed by atoms with Crippen LogP contribution in [0.25, 0.3) is 22.2 Å². The molecule has 0 aliphatic rings. The fraction of sp³-hybridized carbons (Fsp3) is 0.200. The summed E-state index contributed by atoms with van der Waals surface area (Å²) in [4.78, 5) is 19.8. The Kier molecular flexibility index (Phi) is 6.96. The molecule has 2 aromatic carbocycles. The lowest BCUT2D eigenvalue weighted by Crippen LogP contribution is -2.13. The predicted molar refractivity (Wildman–Crippen MR) is 127 cm³/mol. The molecule has 0 unspecified atom stereocenters. The zero-order chi connectivity index (χ0) is 25.8. The zero-order valence-electron chi connectivity index (χ0n) is 19.4. The van der Waals surface area contributed by atoms with E-state index < -0.39 is 17.6 Å². The van der Waals surface area contributed by atoms with E-state index in [2.05, 4.69) is 15.3 Å². The van der Waals surface area contributed by atoms with Gasteiger partial charge in [0.2, 0.25) is 0 Å². The largest absolute Gasteiger partial charge is 0.496 e. The van der Waals surface area contributed by atoms with Crippen molar-refractivity contribution in [2.24, 2.45) is 0 Å². The van der Waals surface area contributed by atoms with Crippen LogP contribution >= 0.6 is 0 Å². The second kappa shape index (κ2) is 10.3. The van der Waals surface area contributed by atoms with E-state index >= 15 is 0 Å². The number of carboxylic acids is 1. The van der Waals surface area contributed by atoms with Crippen molar-refractivity contribution >= 4 is 22.7 Å². The first-order valence-corrected chi connectivity index (χ1v) is 10.9. The smallest absolute Gasteiger partial charge is 0.339 e. The number of aromatic nitrogens is 3. The summed E-state index contributed by atoms with van der Waals surface area (Å²) in [6.07, 6.45) is 1.34. The average Bonchev–Trinajstić information content (AvgIpc) is 3.25. The Hall–Kier alpha value is -4.72. The van der Waals surface area contributed by atoms with Crippen molar-refractivity contribution in [3.63, 3.8) is 0 Å². The Morgan fingerprint density at radius 2 is 2.00 bits per heavy atom. The lowest BCUT2D eigenvalue weighted by molar-refractivity contribution is 0.0692. The molecule has 9 nitrogen and oxygen atoms in total. The van der Waals surface area contributed by atoms with Crippen LogP contribution in [0.2, 0.25) is 0 Å². The van der Waals surface area contributed by atoms with E-state index in [-0.39, 0.29) is 41.4 Å². The van der Waals surface area contributed by atoms with Gasteiger partial charge in [0, 0.05) is 36.2 Å². The summed E-state index contributed by atoms with van der Waals surface area (Å²) in [6, 6.07) is 10.7. The third-order valence-corrected chi connectivity index (χ3v) is 5.49. The van der Waals surface area contributed by atoms with Crippen LogP contribution in [0.1, 0.15) is 23.0 Å². The number of nitrogens with zero attached hydrogens (tertiary/aromatic N) is 4. The SMILES string of the molecule is CCOc1cc(-c2cc(NCCn3c(C#N)cc4c(OC)cc(F)c(F)c43)ncn2)ccc1C(=O)O. The van der Waals surface area contributed by atoms with Gasteiger partial charge in [-0.15, -0.1) is 0 Å². The van der Waals surface area contributed by atoms with Crippen molar-refractivity contribution in [2.45, 2.75) is 13.5 Å². The van der Waals surface area contributed by atoms with Crippen LogP contribution in [-0.4, -0.2) is 45.9 Å². The molecule has 2 aromatic heterocycles. The van der Waals surface area contributed by atoms with E-state index in [0.29, 0.717) is 29.1 Å². The number of ether oxygens (including phenoxy) is 2. The van der Waals surface area contributed by atoms with Gasteiger partial charge in [-0.2, -0.15) is 5.26 Å². The number of halogens is 2. The molecule has 2 N–H and O–H groups in total. The number of hydrogen-bond acceptors (Lipinski definition) is 7. The molecule has 0 bridgehead atoms. The molecular formula is C25H21F2N5O4. The summed E-state index contributed by atoms with van der Waals surface area (Å²) in [5.41, 5.74) is 1.28. The molecule has 184 valence electrons. The minimum absolute atomic E-state index is 0.0422. The fourth-order valence-electron chi connectivity index (χ4n) is 3.88. The van der Waals surface area contributed by atoms with Gasteiger partial charge in [0.1, 0.15) is 41.0 Å². The predicted octanol–water partition coefficient (Wildman–Crippen LogP) is 4.47. The molecule has 11 heteroatoms. The Balaban J connectivity index is 1.58. The molecule has 0 fully saturated rings. The third kappa shape index (κ3) is 4.61. The van der Waals surface area contributed by atoms with Gasteiger partial charge in [-0.05, 0) is 25.1 Å². The van der Waals surface area contributed by atoms with Crippen LogP contribution in [-0.2, 0) is 6.54 Å². The van der Waals surface area contributed by atoms with Gasteiger partial charge in [0.05, 0.1) is 24.9 Å². The number of nitrogens with one attached hydrogen (secondary N) is 1. The number of carboxylic acid groups (broad SMARTS) is 1. The Bertz CT molecular complexity index is 1500. The lowest BCUT2D eigenvalue weighted by Gasteiger charge is -2.12. The fourth-order valence-corrected chi connectivity index (χ4v) is 3.88. The highest BCUT2D eigenvalue weighted by Gasteiger charge is 2.20. The van der Waals surface area contributed by atoms with E-state index in [1.807, 2.05) is 6.07 Å². The molecule has 0 atom stereocenters. The highest BCUT2D eigenvalue weighted by Crippen LogP contribution is 2.33. The summed E-state index contributed by atoms with van der Waals surface area (Å²) in [5.74, 6) is -2.43. The van der Waals surface area contributed by atoms with Gasteiger partial charge in [0.15, 0.2) is 11.6 Å². The van der Waals surface area contributed by atoms with Crippen LogP contribution in [0.4, 0.5) is 14.6 Å². The highest BCUT2D eigenvalue weighted by atomic mass is 19.2. The van der Waals surface area contributed by atoms with Gasteiger partial charge in [-0.1, -0.05) is 6.07 Å². The molecule has 4 aromatic rings. The minimum Gasteiger partial charge on any atom is -0.496 e. The van der Waals surface area contributed by atoms with Crippen LogP contribution < -0.4 is 14.8 Å². The molecule has 0 radical (unpaired) electrons. The molecule has 0 spiro atoms. The first-order valence-electron chi connectivity index (χ1n) is 10.9. The van der Waals surface area contributed by atoms with Crippen molar-refractivity contribution in [3.8, 4) is 28.8 Å². The van der Waals surface area contributed by atoms with Crippen molar-refractivity contribution in [2.75, 3.05) is 25.6 Å². The summed E-state index contributed by atoms with van der Waals surface area (Å²) in [7, 11) is 1.34. The number of fused-ring (bicyclic) bond motifs is 1. The minimum atomic E-state index is -1.10. The molecule has 0 aliphatic heterocycles. The van der Waals surface area contributed by atoms with E-state index in [1.54, 1.807) is 25.1 Å². The Morgan fingerprint density at radius 1 is 1.19 bits per heavy atom. The molecule has 2 heterocycles. The average molecular weight is 493 g/mol. The number of aromatic carboxylic acids is 1. The van der Waals surface area contributed by atoms with Crippen molar-refractivity contribution in [1.29, 1.82) is 5.26 Å². The molecular weight excluding hydrogens is 472 g/mol. The highest BCUT2D eigenvalue weighted by molar-refractivity contribution is 5.92. The normalized spacial score (nSPS) is 10.8. The maximum Gasteiger partial charge on any atom is 0.339 e. The Morgan fingerprint density at radius 3 is 2.69 bits per heavy atom. The van der Waals surface area contributed by atoms with Crippen molar-refractivity contribution < 1.29 is 28.2 Å².